The molecule has 26 heavy (non-hydrogen) atoms. The van der Waals surface area contributed by atoms with Crippen LogP contribution in [0.1, 0.15) is 94.9 Å². The van der Waals surface area contributed by atoms with Crippen LogP contribution in [-0.4, -0.2) is 0 Å². The minimum atomic E-state index is 0.184. The van der Waals surface area contributed by atoms with E-state index in [1.54, 1.807) is 0 Å². The third-order valence-electron chi connectivity index (χ3n) is 7.81. The molecule has 0 aromatic rings. The molecule has 0 aromatic heterocycles. The molecule has 156 valence electrons. The highest BCUT2D eigenvalue weighted by Crippen LogP contribution is 2.57. The second-order valence-corrected chi connectivity index (χ2v) is 8.75. The van der Waals surface area contributed by atoms with Crippen LogP contribution in [0.3, 0.4) is 0 Å². The molecule has 1 saturated carbocycles. The van der Waals surface area contributed by atoms with Gasteiger partial charge in [0.25, 0.3) is 0 Å². The lowest BCUT2D eigenvalue weighted by Gasteiger charge is -2.55. The largest absolute Gasteiger partial charge is 0.106 e. The Morgan fingerprint density at radius 3 is 1.54 bits per heavy atom. The minimum absolute atomic E-state index is 0.184. The summed E-state index contributed by atoms with van der Waals surface area (Å²) in [5.41, 5.74) is 0.842. The Kier molecular flexibility index (Phi) is 15.4. The van der Waals surface area contributed by atoms with Crippen LogP contribution < -0.4 is 0 Å². The average molecular weight is 365 g/mol. The average Bonchev–Trinajstić information content (AvgIpc) is 2.63. The van der Waals surface area contributed by atoms with E-state index >= 15 is 0 Å². The lowest BCUT2D eigenvalue weighted by atomic mass is 9.49. The molecule has 1 aliphatic carbocycles. The number of hydrogen-bond donors (Lipinski definition) is 0. The fourth-order valence-electron chi connectivity index (χ4n) is 4.13. The van der Waals surface area contributed by atoms with Crippen molar-refractivity contribution in [2.45, 2.75) is 94.9 Å². The molecule has 1 fully saturated rings. The van der Waals surface area contributed by atoms with Gasteiger partial charge in [0.2, 0.25) is 0 Å². The van der Waals surface area contributed by atoms with Crippen LogP contribution in [-0.2, 0) is 0 Å². The minimum Gasteiger partial charge on any atom is -0.106 e. The van der Waals surface area contributed by atoms with E-state index in [2.05, 4.69) is 94.4 Å². The maximum atomic E-state index is 4.22. The van der Waals surface area contributed by atoms with Gasteiger partial charge in [-0.05, 0) is 34.0 Å². The zero-order valence-corrected chi connectivity index (χ0v) is 20.2. The fraction of sp³-hybridized carbons (Fsp3) is 0.769. The summed E-state index contributed by atoms with van der Waals surface area (Å²) in [5, 5.41) is 0. The van der Waals surface area contributed by atoms with Crippen molar-refractivity contribution >= 4 is 0 Å². The molecule has 1 aliphatic rings. The summed E-state index contributed by atoms with van der Waals surface area (Å²) in [5.74, 6) is 2.39. The van der Waals surface area contributed by atoms with E-state index < -0.39 is 0 Å². The van der Waals surface area contributed by atoms with Gasteiger partial charge in [-0.1, -0.05) is 101 Å². The van der Waals surface area contributed by atoms with Gasteiger partial charge in [0.15, 0.2) is 0 Å². The van der Waals surface area contributed by atoms with Crippen molar-refractivity contribution in [3.63, 3.8) is 0 Å². The molecule has 0 bridgehead atoms. The van der Waals surface area contributed by atoms with E-state index in [1.165, 1.54) is 25.7 Å². The fourth-order valence-corrected chi connectivity index (χ4v) is 4.13. The Morgan fingerprint density at radius 1 is 0.923 bits per heavy atom. The molecule has 3 unspecified atom stereocenters. The predicted octanol–water partition coefficient (Wildman–Crippen LogP) is 9.34. The summed E-state index contributed by atoms with van der Waals surface area (Å²) in [7, 11) is 0. The Morgan fingerprint density at radius 2 is 1.31 bits per heavy atom. The Hall–Kier alpha value is -0.780. The maximum absolute atomic E-state index is 4.22. The van der Waals surface area contributed by atoms with Crippen molar-refractivity contribution in [2.24, 2.45) is 34.0 Å². The van der Waals surface area contributed by atoms with Crippen LogP contribution in [0, 0.1) is 34.0 Å². The van der Waals surface area contributed by atoms with Gasteiger partial charge >= 0.3 is 0 Å². The van der Waals surface area contributed by atoms with Crippen molar-refractivity contribution < 1.29 is 0 Å². The molecule has 0 heterocycles. The van der Waals surface area contributed by atoms with E-state index in [1.807, 2.05) is 13.8 Å². The normalized spacial score (nSPS) is 18.7. The third kappa shape index (κ3) is 6.43. The summed E-state index contributed by atoms with van der Waals surface area (Å²) in [4.78, 5) is 0. The first-order chi connectivity index (χ1) is 12.0. The van der Waals surface area contributed by atoms with Crippen LogP contribution >= 0.6 is 0 Å². The molecular formula is C26H52. The van der Waals surface area contributed by atoms with Gasteiger partial charge in [-0.3, -0.25) is 0 Å². The molecule has 0 nitrogen and oxygen atoms in total. The summed E-state index contributed by atoms with van der Waals surface area (Å²) in [6.45, 7) is 39.7. The maximum Gasteiger partial charge on any atom is -0.00674 e. The molecule has 3 atom stereocenters. The molecule has 0 heteroatoms. The van der Waals surface area contributed by atoms with Crippen LogP contribution in [0.15, 0.2) is 39.0 Å². The third-order valence-corrected chi connectivity index (χ3v) is 7.81. The van der Waals surface area contributed by atoms with Crippen molar-refractivity contribution in [1.82, 2.24) is 0 Å². The zero-order valence-electron chi connectivity index (χ0n) is 20.2. The first kappa shape index (κ1) is 30.0. The van der Waals surface area contributed by atoms with Gasteiger partial charge in [-0.15, -0.1) is 32.9 Å². The highest BCUT2D eigenvalue weighted by molar-refractivity contribution is 5.07. The molecular weight excluding hydrogens is 312 g/mol. The Bertz CT molecular complexity index is 356. The summed E-state index contributed by atoms with van der Waals surface area (Å²) in [6, 6.07) is 0. The lowest BCUT2D eigenvalue weighted by Crippen LogP contribution is -2.48. The second-order valence-electron chi connectivity index (χ2n) is 8.75. The van der Waals surface area contributed by atoms with E-state index in [0.717, 1.165) is 11.8 Å². The predicted molar refractivity (Wildman–Crippen MR) is 126 cm³/mol. The van der Waals surface area contributed by atoms with Crippen LogP contribution in [0.2, 0.25) is 0 Å². The molecule has 0 aromatic carbocycles. The second kappa shape index (κ2) is 13.4. The highest BCUT2D eigenvalue weighted by atomic mass is 14.5. The van der Waals surface area contributed by atoms with Crippen molar-refractivity contribution in [2.75, 3.05) is 0 Å². The highest BCUT2D eigenvalue weighted by Gasteiger charge is 2.50. The molecule has 0 saturated heterocycles. The number of allylic oxidation sites excluding steroid dienone is 1. The van der Waals surface area contributed by atoms with Crippen LogP contribution in [0.25, 0.3) is 0 Å². The standard InChI is InChI=1S/C20H38.C2H6.2C2H4/c1-10-18(5,6)20(9,11-2)16(4)19(7,8)15(3)17-13-12-14-17;3*1-2/h11,15-17H,2,10,12-14H2,1,3-9H3;1-2H3;2*1-2H2. The SMILES string of the molecule is C=C.C=C.C=CC(C)(C(C)C(C)(C)C(C)C1CCC1)C(C)(C)CC.CC. The van der Waals surface area contributed by atoms with Gasteiger partial charge in [0, 0.05) is 0 Å². The summed E-state index contributed by atoms with van der Waals surface area (Å²) in [6.07, 6.45) is 7.78. The number of rotatable bonds is 7. The van der Waals surface area contributed by atoms with E-state index in [9.17, 15) is 0 Å². The van der Waals surface area contributed by atoms with Gasteiger partial charge < -0.3 is 0 Å². The van der Waals surface area contributed by atoms with Crippen molar-refractivity contribution in [1.29, 1.82) is 0 Å². The van der Waals surface area contributed by atoms with Gasteiger partial charge in [-0.2, -0.15) is 0 Å². The van der Waals surface area contributed by atoms with Crippen LogP contribution in [0.4, 0.5) is 0 Å². The van der Waals surface area contributed by atoms with Crippen molar-refractivity contribution in [3.8, 4) is 0 Å². The van der Waals surface area contributed by atoms with Gasteiger partial charge in [-0.25, -0.2) is 0 Å². The van der Waals surface area contributed by atoms with Crippen molar-refractivity contribution in [3.05, 3.63) is 39.0 Å². The molecule has 1 rings (SSSR count). The summed E-state index contributed by atoms with van der Waals surface area (Å²) >= 11 is 0. The quantitative estimate of drug-likeness (QED) is 0.395. The van der Waals surface area contributed by atoms with Gasteiger partial charge in [0.05, 0.1) is 0 Å². The first-order valence-corrected chi connectivity index (χ1v) is 10.7. The molecule has 0 aliphatic heterocycles. The van der Waals surface area contributed by atoms with E-state index in [4.69, 9.17) is 0 Å². The van der Waals surface area contributed by atoms with E-state index in [0.29, 0.717) is 16.7 Å². The molecule has 0 spiro atoms. The Labute approximate surface area is 168 Å². The Balaban J connectivity index is -0.000000795. The number of hydrogen-bond acceptors (Lipinski definition) is 0. The van der Waals surface area contributed by atoms with Crippen LogP contribution in [0.5, 0.6) is 0 Å². The van der Waals surface area contributed by atoms with E-state index in [-0.39, 0.29) is 5.41 Å². The monoisotopic (exact) mass is 364 g/mol. The zero-order chi connectivity index (χ0) is 21.8. The summed E-state index contributed by atoms with van der Waals surface area (Å²) < 4.78 is 0. The molecule has 0 N–H and O–H groups in total. The molecule has 0 radical (unpaired) electrons. The topological polar surface area (TPSA) is 0 Å². The van der Waals surface area contributed by atoms with Gasteiger partial charge in [0.1, 0.15) is 0 Å². The molecule has 0 amide bonds. The smallest absolute Gasteiger partial charge is 0.00674 e. The lowest BCUT2D eigenvalue weighted by molar-refractivity contribution is -0.0421. The first-order valence-electron chi connectivity index (χ1n) is 10.7.